The monoisotopic (exact) mass is 564 g/mol. The predicted octanol–water partition coefficient (Wildman–Crippen LogP) is 4.11. The van der Waals surface area contributed by atoms with Gasteiger partial charge in [-0.05, 0) is 30.3 Å². The van der Waals surface area contributed by atoms with Crippen molar-refractivity contribution in [2.45, 2.75) is 29.8 Å². The number of aromatic nitrogens is 2. The van der Waals surface area contributed by atoms with Crippen molar-refractivity contribution < 1.29 is 32.3 Å². The number of hydrogen-bond acceptors (Lipinski definition) is 10. The van der Waals surface area contributed by atoms with Gasteiger partial charge < -0.3 is 23.8 Å². The highest BCUT2D eigenvalue weighted by atomic mass is 32.2. The standard InChI is InChI=1S/C28H28N4O7S/c1-36-28(11-13-37-14-12-28)21-15-22(18-30-17-21)38-25(32-33)16-24-31-26(19-5-3-2-4-6-19)27(39-24)20-7-9-23(10-8-20)40(29,34)35/h2-10,15,17-18,33H,11-14,16H2,1H3,(H2,29,34,35)/b32-25+. The second-order valence-electron chi connectivity index (χ2n) is 9.21. The third-order valence-electron chi connectivity index (χ3n) is 6.74. The van der Waals surface area contributed by atoms with Gasteiger partial charge in [0.2, 0.25) is 21.8 Å². The van der Waals surface area contributed by atoms with Crippen LogP contribution in [0.2, 0.25) is 0 Å². The van der Waals surface area contributed by atoms with Gasteiger partial charge in [0.1, 0.15) is 17.9 Å². The Bertz CT molecular complexity index is 1600. The van der Waals surface area contributed by atoms with Crippen LogP contribution in [0.15, 0.2) is 87.5 Å². The predicted molar refractivity (Wildman–Crippen MR) is 145 cm³/mol. The zero-order valence-electron chi connectivity index (χ0n) is 21.7. The Kier molecular flexibility index (Phi) is 7.94. The van der Waals surface area contributed by atoms with Crippen LogP contribution in [0.4, 0.5) is 0 Å². The summed E-state index contributed by atoms with van der Waals surface area (Å²) in [5.41, 5.74) is 2.20. The zero-order chi connectivity index (χ0) is 28.2. The number of ether oxygens (including phenoxy) is 3. The van der Waals surface area contributed by atoms with E-state index in [0.717, 1.165) is 11.1 Å². The number of benzene rings is 2. The van der Waals surface area contributed by atoms with Gasteiger partial charge in [0, 0.05) is 56.1 Å². The summed E-state index contributed by atoms with van der Waals surface area (Å²) in [5, 5.41) is 18.3. The van der Waals surface area contributed by atoms with Crippen molar-refractivity contribution >= 4 is 15.9 Å². The van der Waals surface area contributed by atoms with Crippen LogP contribution in [-0.4, -0.2) is 49.8 Å². The molecule has 0 bridgehead atoms. The minimum Gasteiger partial charge on any atom is -0.439 e. The van der Waals surface area contributed by atoms with E-state index in [1.54, 1.807) is 31.5 Å². The number of sulfonamides is 1. The van der Waals surface area contributed by atoms with Crippen LogP contribution in [0.1, 0.15) is 24.3 Å². The first kappa shape index (κ1) is 27.5. The SMILES string of the molecule is COC1(c2cncc(O/C(Cc3nc(-c4ccccc4)c(-c4ccc(S(N)(=O)=O)cc4)o3)=N/O)c2)CCOCC1. The van der Waals surface area contributed by atoms with E-state index in [2.05, 4.69) is 15.1 Å². The molecule has 1 aliphatic heterocycles. The number of methoxy groups -OCH3 is 1. The second-order valence-corrected chi connectivity index (χ2v) is 10.8. The number of primary sulfonamides is 1. The highest BCUT2D eigenvalue weighted by molar-refractivity contribution is 7.89. The van der Waals surface area contributed by atoms with Crippen molar-refractivity contribution in [1.82, 2.24) is 9.97 Å². The molecule has 2 aromatic heterocycles. The van der Waals surface area contributed by atoms with E-state index in [9.17, 15) is 13.6 Å². The molecular weight excluding hydrogens is 536 g/mol. The highest BCUT2D eigenvalue weighted by Gasteiger charge is 2.35. The lowest BCUT2D eigenvalue weighted by Gasteiger charge is -2.36. The van der Waals surface area contributed by atoms with E-state index < -0.39 is 15.6 Å². The molecule has 5 rings (SSSR count). The van der Waals surface area contributed by atoms with Crippen LogP contribution in [0.25, 0.3) is 22.6 Å². The molecule has 11 nitrogen and oxygen atoms in total. The van der Waals surface area contributed by atoms with Crippen molar-refractivity contribution in [3.05, 3.63) is 84.5 Å². The third kappa shape index (κ3) is 5.89. The largest absolute Gasteiger partial charge is 0.439 e. The van der Waals surface area contributed by atoms with E-state index in [0.29, 0.717) is 48.8 Å². The Hall–Kier alpha value is -4.10. The number of rotatable bonds is 8. The first-order valence-electron chi connectivity index (χ1n) is 12.5. The molecule has 0 aliphatic carbocycles. The van der Waals surface area contributed by atoms with Gasteiger partial charge in [-0.3, -0.25) is 4.98 Å². The third-order valence-corrected chi connectivity index (χ3v) is 7.67. The summed E-state index contributed by atoms with van der Waals surface area (Å²) in [5.74, 6) is 0.931. The van der Waals surface area contributed by atoms with Crippen molar-refractivity contribution in [2.24, 2.45) is 10.3 Å². The van der Waals surface area contributed by atoms with Gasteiger partial charge in [-0.1, -0.05) is 35.5 Å². The van der Waals surface area contributed by atoms with Crippen LogP contribution in [-0.2, 0) is 31.5 Å². The lowest BCUT2D eigenvalue weighted by molar-refractivity contribution is -0.0950. The Morgan fingerprint density at radius 1 is 1.07 bits per heavy atom. The molecule has 1 aliphatic rings. The smallest absolute Gasteiger partial charge is 0.240 e. The van der Waals surface area contributed by atoms with Crippen molar-refractivity contribution in [1.29, 1.82) is 0 Å². The number of nitrogens with zero attached hydrogens (tertiary/aromatic N) is 3. The highest BCUT2D eigenvalue weighted by Crippen LogP contribution is 2.37. The fraction of sp³-hybridized carbons (Fsp3) is 0.250. The van der Waals surface area contributed by atoms with Crippen LogP contribution >= 0.6 is 0 Å². The Morgan fingerprint density at radius 2 is 1.80 bits per heavy atom. The van der Waals surface area contributed by atoms with Crippen LogP contribution in [0.5, 0.6) is 5.75 Å². The van der Waals surface area contributed by atoms with Gasteiger partial charge in [0.15, 0.2) is 5.76 Å². The molecule has 12 heteroatoms. The number of pyridine rings is 1. The minimum absolute atomic E-state index is 0.0211. The summed E-state index contributed by atoms with van der Waals surface area (Å²) in [6.07, 6.45) is 4.52. The molecule has 40 heavy (non-hydrogen) atoms. The molecular formula is C28H28N4O7S. The number of nitrogens with two attached hydrogens (primary N) is 1. The quantitative estimate of drug-likeness (QED) is 0.139. The second kappa shape index (κ2) is 11.6. The lowest BCUT2D eigenvalue weighted by atomic mass is 9.87. The van der Waals surface area contributed by atoms with E-state index in [4.69, 9.17) is 23.8 Å². The van der Waals surface area contributed by atoms with Crippen molar-refractivity contribution in [2.75, 3.05) is 20.3 Å². The molecule has 1 saturated heterocycles. The Balaban J connectivity index is 1.42. The number of oxime groups is 1. The average Bonchev–Trinajstić information content (AvgIpc) is 3.41. The summed E-state index contributed by atoms with van der Waals surface area (Å²) in [4.78, 5) is 8.92. The average molecular weight is 565 g/mol. The summed E-state index contributed by atoms with van der Waals surface area (Å²) in [6, 6.07) is 17.1. The fourth-order valence-electron chi connectivity index (χ4n) is 4.62. The van der Waals surface area contributed by atoms with Gasteiger partial charge >= 0.3 is 0 Å². The maximum absolute atomic E-state index is 11.7. The molecule has 1 fully saturated rings. The maximum Gasteiger partial charge on any atom is 0.240 e. The first-order chi connectivity index (χ1) is 19.3. The number of oxazole rings is 1. The maximum atomic E-state index is 11.7. The van der Waals surface area contributed by atoms with Crippen LogP contribution in [0, 0.1) is 0 Å². The Labute approximate surface area is 231 Å². The number of hydrogen-bond donors (Lipinski definition) is 2. The molecule has 0 spiro atoms. The molecule has 2 aromatic carbocycles. The first-order valence-corrected chi connectivity index (χ1v) is 14.0. The van der Waals surface area contributed by atoms with E-state index in [1.165, 1.54) is 18.3 Å². The topological polar surface area (TPSA) is 159 Å². The van der Waals surface area contributed by atoms with Gasteiger partial charge in [0.05, 0.1) is 16.7 Å². The summed E-state index contributed by atoms with van der Waals surface area (Å²) < 4.78 is 46.7. The van der Waals surface area contributed by atoms with Gasteiger partial charge in [0.25, 0.3) is 0 Å². The normalized spacial score (nSPS) is 15.6. The van der Waals surface area contributed by atoms with E-state index >= 15 is 0 Å². The molecule has 4 aromatic rings. The molecule has 0 amide bonds. The van der Waals surface area contributed by atoms with Crippen molar-refractivity contribution in [3.8, 4) is 28.3 Å². The van der Waals surface area contributed by atoms with Crippen LogP contribution < -0.4 is 9.88 Å². The lowest BCUT2D eigenvalue weighted by Crippen LogP contribution is -2.35. The van der Waals surface area contributed by atoms with E-state index in [1.807, 2.05) is 30.3 Å². The fourth-order valence-corrected chi connectivity index (χ4v) is 5.13. The molecule has 0 radical (unpaired) electrons. The minimum atomic E-state index is -3.85. The van der Waals surface area contributed by atoms with Gasteiger partial charge in [-0.25, -0.2) is 18.5 Å². The van der Waals surface area contributed by atoms with Gasteiger partial charge in [-0.15, -0.1) is 0 Å². The summed E-state index contributed by atoms with van der Waals surface area (Å²) >= 11 is 0. The summed E-state index contributed by atoms with van der Waals surface area (Å²) in [6.45, 7) is 1.15. The van der Waals surface area contributed by atoms with Crippen LogP contribution in [0.3, 0.4) is 0 Å². The molecule has 3 N–H and O–H groups in total. The van der Waals surface area contributed by atoms with Gasteiger partial charge in [-0.2, -0.15) is 0 Å². The zero-order valence-corrected chi connectivity index (χ0v) is 22.5. The van der Waals surface area contributed by atoms with E-state index in [-0.39, 0.29) is 23.1 Å². The molecule has 3 heterocycles. The molecule has 0 unspecified atom stereocenters. The summed E-state index contributed by atoms with van der Waals surface area (Å²) in [7, 11) is -2.19. The molecule has 208 valence electrons. The van der Waals surface area contributed by atoms with Crippen molar-refractivity contribution in [3.63, 3.8) is 0 Å². The molecule has 0 atom stereocenters. The molecule has 0 saturated carbocycles. The Morgan fingerprint density at radius 3 is 2.45 bits per heavy atom.